The van der Waals surface area contributed by atoms with Crippen LogP contribution < -0.4 is 40.9 Å². The van der Waals surface area contributed by atoms with E-state index in [1.54, 1.807) is 117 Å². The van der Waals surface area contributed by atoms with Gasteiger partial charge in [0.2, 0.25) is 0 Å². The van der Waals surface area contributed by atoms with E-state index in [9.17, 15) is 23.6 Å². The normalized spacial score (nSPS) is 16.3. The summed E-state index contributed by atoms with van der Waals surface area (Å²) in [7, 11) is 0. The molecular formula is C93H78Cl15FN12O4. The predicted molar refractivity (Wildman–Crippen MR) is 518 cm³/mol. The molecule has 4 N–H and O–H groups in total. The number of nitrogens with one attached hydrogen (secondary N) is 4. The molecule has 646 valence electrons. The number of urea groups is 4. The molecule has 32 heteroatoms. The smallest absolute Gasteiger partial charge is 0.322 e. The molecule has 0 spiro atoms. The molecule has 4 aliphatic rings. The van der Waals surface area contributed by atoms with Gasteiger partial charge in [0.05, 0.1) is 77.7 Å². The molecule has 4 saturated heterocycles. The molecule has 0 aliphatic carbocycles. The number of rotatable bonds is 13. The van der Waals surface area contributed by atoms with Crippen LogP contribution in [0.2, 0.25) is 75.3 Å². The van der Waals surface area contributed by atoms with E-state index in [1.165, 1.54) is 12.1 Å². The van der Waals surface area contributed by atoms with E-state index >= 15 is 0 Å². The molecule has 0 saturated carbocycles. The number of halogens is 16. The maximum Gasteiger partial charge on any atom is 0.322 e. The minimum Gasteiger partial charge on any atom is -0.360 e. The number of benzene rings is 12. The van der Waals surface area contributed by atoms with Crippen LogP contribution in [0.25, 0.3) is 0 Å². The summed E-state index contributed by atoms with van der Waals surface area (Å²) in [6.45, 7) is 6.67. The van der Waals surface area contributed by atoms with Crippen LogP contribution in [-0.4, -0.2) is 122 Å². The minimum absolute atomic E-state index is 0.0966. The lowest BCUT2D eigenvalue weighted by Crippen LogP contribution is -2.53. The summed E-state index contributed by atoms with van der Waals surface area (Å²) in [4.78, 5) is 67.7. The van der Waals surface area contributed by atoms with Crippen molar-refractivity contribution in [3.63, 3.8) is 0 Å². The summed E-state index contributed by atoms with van der Waals surface area (Å²) in [5.74, 6) is -0.326. The summed E-state index contributed by atoms with van der Waals surface area (Å²) < 4.78 is 13.4. The molecule has 16 rings (SSSR count). The zero-order chi connectivity index (χ0) is 88.5. The van der Waals surface area contributed by atoms with Crippen molar-refractivity contribution in [1.29, 1.82) is 0 Å². The maximum absolute atomic E-state index is 13.4. The van der Waals surface area contributed by atoms with Crippen LogP contribution in [0.15, 0.2) is 267 Å². The SMILES string of the molecule is O=C(NCc1cccc(F)c1)N1CCN(c2ccc(Cl)cc2Cl)C(c2ccc(Cl)cc2)C1.O=C(Nc1ccc(Cl)cc1)N1CCN(c2ccc(Cl)cc2Cl)C(c2ccc(Cl)cc2)C1.O=C(Nc1cccc(Cl)c1)N1CCN(c2ccc(Cl)cc2Cl)C(c2ccc(Cl)cc2)C1.O=C(Nc1ccccc1Cl)N1CCN(c2ccc(Cl)cc2Cl)C(c2ccc(Cl)cc2)C1. The lowest BCUT2D eigenvalue weighted by Gasteiger charge is -2.43. The number of anilines is 7. The number of piperazine rings is 4. The number of hydrogen-bond donors (Lipinski definition) is 4. The van der Waals surface area contributed by atoms with Crippen LogP contribution in [0.1, 0.15) is 52.0 Å². The molecule has 16 nitrogen and oxygen atoms in total. The number of para-hydroxylation sites is 1. The van der Waals surface area contributed by atoms with Crippen LogP contribution in [0.4, 0.5) is 63.4 Å². The summed E-state index contributed by atoms with van der Waals surface area (Å²) in [6.07, 6.45) is 0. The third kappa shape index (κ3) is 25.4. The quantitative estimate of drug-likeness (QED) is 0.0894. The average molecular weight is 1980 g/mol. The van der Waals surface area contributed by atoms with Gasteiger partial charge in [0.1, 0.15) is 5.82 Å². The first-order valence-electron chi connectivity index (χ1n) is 39.2. The van der Waals surface area contributed by atoms with Gasteiger partial charge in [-0.1, -0.05) is 253 Å². The summed E-state index contributed by atoms with van der Waals surface area (Å²) in [5, 5.41) is 20.5. The zero-order valence-corrected chi connectivity index (χ0v) is 77.5. The van der Waals surface area contributed by atoms with Gasteiger partial charge in [-0.05, 0) is 216 Å². The number of nitrogens with zero attached hydrogens (tertiary/aromatic N) is 8. The largest absolute Gasteiger partial charge is 0.360 e. The Balaban J connectivity index is 0.000000143. The number of carbonyl (C=O) groups is 4. The van der Waals surface area contributed by atoms with Gasteiger partial charge >= 0.3 is 24.1 Å². The molecule has 8 amide bonds. The number of amides is 8. The van der Waals surface area contributed by atoms with E-state index in [0.717, 1.165) is 45.0 Å². The first kappa shape index (κ1) is 93.8. The molecule has 125 heavy (non-hydrogen) atoms. The monoisotopic (exact) mass is 1970 g/mol. The van der Waals surface area contributed by atoms with Gasteiger partial charge in [-0.2, -0.15) is 0 Å². The third-order valence-electron chi connectivity index (χ3n) is 21.2. The second-order valence-corrected chi connectivity index (χ2v) is 35.7. The first-order chi connectivity index (χ1) is 60.1. The zero-order valence-electron chi connectivity index (χ0n) is 66.2. The topological polar surface area (TPSA) is 142 Å². The fourth-order valence-electron chi connectivity index (χ4n) is 15.0. The Bertz CT molecular complexity index is 5770. The van der Waals surface area contributed by atoms with Crippen molar-refractivity contribution in [3.05, 3.63) is 376 Å². The van der Waals surface area contributed by atoms with Gasteiger partial charge in [0.25, 0.3) is 0 Å². The summed E-state index contributed by atoms with van der Waals surface area (Å²) in [6, 6.07) is 78.7. The fourth-order valence-corrected chi connectivity index (χ4v) is 18.0. The standard InChI is InChI=1S/C24H21Cl3FN3O.3C23H19Cl4N3O/c25-18-6-4-17(5-7-18)23-15-30(24(32)29-14-16-2-1-3-20(28)12-16)10-11-31(23)22-9-8-19(26)13-21(22)27;24-16-3-1-15(2-4-16)22-14-29(23(31)28-19-8-5-17(25)6-9-19)11-12-30(22)21-10-7-18(26)13-20(21)27;24-16-6-4-15(5-7-16)22-14-29(23(31)28-19-3-1-2-17(25)12-19)10-11-30(22)21-9-8-18(26)13-20(21)27;24-16-7-5-15(6-8-16)22-14-29(23(31)28-20-4-2-1-3-18(20)26)11-12-30(22)21-10-9-17(25)13-19(21)27/h1-9,12-13,23H,10-11,14-15H2,(H,29,32);1-10,13,22H,11-12,14H2,(H,28,31);1-9,12-13,22H,10-11,14H2,(H,28,31);1-10,13,22H,11-12,14H2,(H,28,31). The van der Waals surface area contributed by atoms with E-state index < -0.39 is 0 Å². The Morgan fingerprint density at radius 3 is 0.912 bits per heavy atom. The molecule has 4 atom stereocenters. The Labute approximate surface area is 799 Å². The lowest BCUT2D eigenvalue weighted by atomic mass is 10.0. The Morgan fingerprint density at radius 1 is 0.272 bits per heavy atom. The third-order valence-corrected chi connectivity index (χ3v) is 25.2. The highest BCUT2D eigenvalue weighted by Gasteiger charge is 2.37. The molecular weight excluding hydrogens is 1900 g/mol. The lowest BCUT2D eigenvalue weighted by molar-refractivity contribution is 0.184. The van der Waals surface area contributed by atoms with E-state index in [-0.39, 0.29) is 60.7 Å². The predicted octanol–water partition coefficient (Wildman–Crippen LogP) is 28.7. The van der Waals surface area contributed by atoms with Gasteiger partial charge in [0, 0.05) is 147 Å². The highest BCUT2D eigenvalue weighted by atomic mass is 35.5. The Hall–Kier alpha value is -8.80. The van der Waals surface area contributed by atoms with Crippen LogP contribution in [-0.2, 0) is 6.54 Å². The molecule has 0 aromatic heterocycles. The van der Waals surface area contributed by atoms with Crippen LogP contribution in [0.5, 0.6) is 0 Å². The van der Waals surface area contributed by atoms with Crippen molar-refractivity contribution in [2.75, 3.05) is 114 Å². The van der Waals surface area contributed by atoms with Crippen molar-refractivity contribution in [2.24, 2.45) is 0 Å². The molecule has 4 unspecified atom stereocenters. The number of hydrogen-bond acceptors (Lipinski definition) is 8. The molecule has 0 bridgehead atoms. The van der Waals surface area contributed by atoms with E-state index in [1.807, 2.05) is 158 Å². The van der Waals surface area contributed by atoms with Gasteiger partial charge in [-0.3, -0.25) is 0 Å². The van der Waals surface area contributed by atoms with Crippen LogP contribution in [0, 0.1) is 5.82 Å². The Kier molecular flexibility index (Phi) is 33.2. The van der Waals surface area contributed by atoms with E-state index in [4.69, 9.17) is 174 Å². The number of carbonyl (C=O) groups excluding carboxylic acids is 4. The van der Waals surface area contributed by atoms with Crippen molar-refractivity contribution in [2.45, 2.75) is 30.7 Å². The van der Waals surface area contributed by atoms with Gasteiger partial charge in [-0.25, -0.2) is 23.6 Å². The molecule has 4 aliphatic heterocycles. The highest BCUT2D eigenvalue weighted by Crippen LogP contribution is 2.43. The van der Waals surface area contributed by atoms with Crippen molar-refractivity contribution < 1.29 is 23.6 Å². The second-order valence-electron chi connectivity index (χ2n) is 29.3. The summed E-state index contributed by atoms with van der Waals surface area (Å²) >= 11 is 92.9. The van der Waals surface area contributed by atoms with Gasteiger partial charge in [-0.15, -0.1) is 0 Å². The maximum atomic E-state index is 13.4. The summed E-state index contributed by atoms with van der Waals surface area (Å²) in [5.41, 5.74) is 10.3. The Morgan fingerprint density at radius 2 is 0.576 bits per heavy atom. The molecule has 4 fully saturated rings. The molecule has 0 radical (unpaired) electrons. The van der Waals surface area contributed by atoms with Crippen molar-refractivity contribution >= 4 is 238 Å². The van der Waals surface area contributed by atoms with E-state index in [0.29, 0.717) is 177 Å². The highest BCUT2D eigenvalue weighted by molar-refractivity contribution is 6.39. The minimum atomic E-state index is -0.326. The average Bonchev–Trinajstić information content (AvgIpc) is 0.801. The van der Waals surface area contributed by atoms with Gasteiger partial charge < -0.3 is 60.5 Å². The molecule has 4 heterocycles. The van der Waals surface area contributed by atoms with Crippen molar-refractivity contribution in [3.8, 4) is 0 Å². The molecule has 12 aromatic rings. The molecule has 12 aromatic carbocycles. The van der Waals surface area contributed by atoms with Crippen LogP contribution in [0.3, 0.4) is 0 Å². The van der Waals surface area contributed by atoms with Gasteiger partial charge in [0.15, 0.2) is 0 Å². The van der Waals surface area contributed by atoms with Crippen molar-refractivity contribution in [1.82, 2.24) is 24.9 Å². The van der Waals surface area contributed by atoms with Crippen LogP contribution >= 0.6 is 174 Å². The fraction of sp³-hybridized carbons (Fsp3) is 0.183. The van der Waals surface area contributed by atoms with E-state index in [2.05, 4.69) is 40.9 Å². The second kappa shape index (κ2) is 44.3. The first-order valence-corrected chi connectivity index (χ1v) is 44.9.